The Morgan fingerprint density at radius 2 is 2.06 bits per heavy atom. The van der Waals surface area contributed by atoms with Gasteiger partial charge in [0, 0.05) is 26.2 Å². The number of ketones is 1. The van der Waals surface area contributed by atoms with Crippen LogP contribution in [0.25, 0.3) is 0 Å². The number of carbonyl (C=O) groups is 1. The van der Waals surface area contributed by atoms with Crippen LogP contribution >= 0.6 is 22.9 Å². The molecule has 2 rings (SSSR count). The highest BCUT2D eigenvalue weighted by atomic mass is 35.5. The van der Waals surface area contributed by atoms with Crippen LogP contribution in [0.3, 0.4) is 0 Å². The molecule has 0 unspecified atom stereocenters. The molecule has 1 aliphatic heterocycles. The van der Waals surface area contributed by atoms with E-state index in [1.807, 2.05) is 19.9 Å². The monoisotopic (exact) mass is 272 g/mol. The number of nitrogens with zero attached hydrogens (tertiary/aromatic N) is 1. The van der Waals surface area contributed by atoms with Crippen LogP contribution in [0.15, 0.2) is 12.1 Å². The van der Waals surface area contributed by atoms with Gasteiger partial charge in [0.2, 0.25) is 0 Å². The van der Waals surface area contributed by atoms with Crippen molar-refractivity contribution in [3.05, 3.63) is 21.3 Å². The van der Waals surface area contributed by atoms with Gasteiger partial charge in [-0.15, -0.1) is 11.3 Å². The number of carbonyl (C=O) groups excluding carboxylic acids is 1. The fourth-order valence-electron chi connectivity index (χ4n) is 2.11. The van der Waals surface area contributed by atoms with Crippen LogP contribution < -0.4 is 5.32 Å². The molecule has 0 saturated carbocycles. The molecular weight excluding hydrogens is 256 g/mol. The van der Waals surface area contributed by atoms with Gasteiger partial charge in [-0.05, 0) is 26.0 Å². The van der Waals surface area contributed by atoms with Gasteiger partial charge in [-0.2, -0.15) is 0 Å². The molecule has 1 fully saturated rings. The minimum atomic E-state index is -0.448. The highest BCUT2D eigenvalue weighted by molar-refractivity contribution is 7.18. The summed E-state index contributed by atoms with van der Waals surface area (Å²) in [5.74, 6) is 0.163. The lowest BCUT2D eigenvalue weighted by atomic mass is 9.94. The van der Waals surface area contributed by atoms with Crippen molar-refractivity contribution in [3.63, 3.8) is 0 Å². The SMILES string of the molecule is CC(C)(C(=O)c1ccc(Cl)s1)N1CCNCC1. The van der Waals surface area contributed by atoms with Crippen LogP contribution in [-0.4, -0.2) is 42.4 Å². The topological polar surface area (TPSA) is 32.3 Å². The average Bonchev–Trinajstić information content (AvgIpc) is 2.76. The Bertz CT molecular complexity index is 410. The molecule has 1 N–H and O–H groups in total. The molecule has 0 atom stereocenters. The third-order valence-electron chi connectivity index (χ3n) is 3.26. The predicted octanol–water partition coefficient (Wildman–Crippen LogP) is 2.27. The number of Topliss-reactive ketones (excluding diaryl/α,β-unsaturated/α-hetero) is 1. The molecule has 1 aromatic heterocycles. The molecule has 0 radical (unpaired) electrons. The second-order valence-electron chi connectivity index (χ2n) is 4.73. The normalized spacial score (nSPS) is 18.3. The molecule has 0 aromatic carbocycles. The molecule has 0 spiro atoms. The second kappa shape index (κ2) is 5.06. The first-order chi connectivity index (χ1) is 8.01. The van der Waals surface area contributed by atoms with E-state index in [4.69, 9.17) is 11.6 Å². The molecule has 2 heterocycles. The van der Waals surface area contributed by atoms with Gasteiger partial charge >= 0.3 is 0 Å². The van der Waals surface area contributed by atoms with E-state index in [0.29, 0.717) is 4.34 Å². The van der Waals surface area contributed by atoms with Gasteiger partial charge in [-0.1, -0.05) is 11.6 Å². The lowest BCUT2D eigenvalue weighted by Crippen LogP contribution is -2.56. The largest absolute Gasteiger partial charge is 0.314 e. The second-order valence-corrected chi connectivity index (χ2v) is 6.44. The van der Waals surface area contributed by atoms with Crippen LogP contribution in [0, 0.1) is 0 Å². The number of nitrogens with one attached hydrogen (secondary N) is 1. The van der Waals surface area contributed by atoms with E-state index in [-0.39, 0.29) is 5.78 Å². The maximum atomic E-state index is 12.5. The van der Waals surface area contributed by atoms with Gasteiger partial charge in [-0.3, -0.25) is 9.69 Å². The fourth-order valence-corrected chi connectivity index (χ4v) is 3.24. The highest BCUT2D eigenvalue weighted by Crippen LogP contribution is 2.28. The Morgan fingerprint density at radius 3 is 2.59 bits per heavy atom. The molecule has 94 valence electrons. The van der Waals surface area contributed by atoms with E-state index >= 15 is 0 Å². The summed E-state index contributed by atoms with van der Waals surface area (Å²) in [5, 5.41) is 3.30. The molecule has 1 saturated heterocycles. The first-order valence-corrected chi connectivity index (χ1v) is 6.97. The molecular formula is C12H17ClN2OS. The molecule has 3 nitrogen and oxygen atoms in total. The molecule has 5 heteroatoms. The van der Waals surface area contributed by atoms with Crippen LogP contribution in [0.2, 0.25) is 4.34 Å². The molecule has 17 heavy (non-hydrogen) atoms. The van der Waals surface area contributed by atoms with Crippen molar-refractivity contribution in [3.8, 4) is 0 Å². The fraction of sp³-hybridized carbons (Fsp3) is 0.583. The summed E-state index contributed by atoms with van der Waals surface area (Å²) in [5.41, 5.74) is -0.448. The summed E-state index contributed by atoms with van der Waals surface area (Å²) >= 11 is 7.24. The van der Waals surface area contributed by atoms with Crippen molar-refractivity contribution >= 4 is 28.7 Å². The van der Waals surface area contributed by atoms with Gasteiger partial charge in [0.05, 0.1) is 14.8 Å². The third kappa shape index (κ3) is 2.71. The summed E-state index contributed by atoms with van der Waals surface area (Å²) in [4.78, 5) is 15.5. The quantitative estimate of drug-likeness (QED) is 0.857. The Balaban J connectivity index is 2.16. The summed E-state index contributed by atoms with van der Waals surface area (Å²) < 4.78 is 0.671. The molecule has 1 aromatic rings. The maximum Gasteiger partial charge on any atom is 0.192 e. The summed E-state index contributed by atoms with van der Waals surface area (Å²) in [6.07, 6.45) is 0. The minimum absolute atomic E-state index is 0.163. The standard InChI is InChI=1S/C12H17ClN2OS/c1-12(2,15-7-5-14-6-8-15)11(16)9-3-4-10(13)17-9/h3-4,14H,5-8H2,1-2H3. The Labute approximate surface area is 111 Å². The van der Waals surface area contributed by atoms with E-state index in [1.54, 1.807) is 6.07 Å². The number of halogens is 1. The van der Waals surface area contributed by atoms with Crippen molar-refractivity contribution in [1.82, 2.24) is 10.2 Å². The zero-order valence-corrected chi connectivity index (χ0v) is 11.7. The minimum Gasteiger partial charge on any atom is -0.314 e. The summed E-state index contributed by atoms with van der Waals surface area (Å²) in [6, 6.07) is 3.60. The van der Waals surface area contributed by atoms with E-state index in [9.17, 15) is 4.79 Å². The zero-order valence-electron chi connectivity index (χ0n) is 10.1. The van der Waals surface area contributed by atoms with Gasteiger partial charge in [0.15, 0.2) is 5.78 Å². The number of hydrogen-bond acceptors (Lipinski definition) is 4. The predicted molar refractivity (Wildman–Crippen MR) is 72.2 cm³/mol. The van der Waals surface area contributed by atoms with Gasteiger partial charge in [0.1, 0.15) is 0 Å². The van der Waals surface area contributed by atoms with Gasteiger partial charge < -0.3 is 5.32 Å². The third-order valence-corrected chi connectivity index (χ3v) is 4.49. The number of rotatable bonds is 3. The molecule has 1 aliphatic rings. The molecule has 0 bridgehead atoms. The first kappa shape index (κ1) is 13.0. The molecule has 0 aliphatic carbocycles. The van der Waals surface area contributed by atoms with Crippen LogP contribution in [-0.2, 0) is 0 Å². The first-order valence-electron chi connectivity index (χ1n) is 5.78. The Morgan fingerprint density at radius 1 is 1.41 bits per heavy atom. The van der Waals surface area contributed by atoms with Crippen molar-refractivity contribution < 1.29 is 4.79 Å². The summed E-state index contributed by atoms with van der Waals surface area (Å²) in [7, 11) is 0. The van der Waals surface area contributed by atoms with Crippen molar-refractivity contribution in [2.45, 2.75) is 19.4 Å². The molecule has 0 amide bonds. The number of hydrogen-bond donors (Lipinski definition) is 1. The van der Waals surface area contributed by atoms with Crippen LogP contribution in [0.4, 0.5) is 0 Å². The van der Waals surface area contributed by atoms with Crippen molar-refractivity contribution in [2.24, 2.45) is 0 Å². The van der Waals surface area contributed by atoms with Crippen molar-refractivity contribution in [2.75, 3.05) is 26.2 Å². The lowest BCUT2D eigenvalue weighted by molar-refractivity contribution is 0.0607. The smallest absolute Gasteiger partial charge is 0.192 e. The number of piperazine rings is 1. The Kier molecular flexibility index (Phi) is 3.88. The lowest BCUT2D eigenvalue weighted by Gasteiger charge is -2.39. The summed E-state index contributed by atoms with van der Waals surface area (Å²) in [6.45, 7) is 7.71. The van der Waals surface area contributed by atoms with E-state index in [0.717, 1.165) is 31.1 Å². The average molecular weight is 273 g/mol. The maximum absolute atomic E-state index is 12.5. The number of thiophene rings is 1. The van der Waals surface area contributed by atoms with Gasteiger partial charge in [-0.25, -0.2) is 0 Å². The van der Waals surface area contributed by atoms with E-state index < -0.39 is 5.54 Å². The highest BCUT2D eigenvalue weighted by Gasteiger charge is 2.36. The van der Waals surface area contributed by atoms with Crippen LogP contribution in [0.5, 0.6) is 0 Å². The van der Waals surface area contributed by atoms with E-state index in [1.165, 1.54) is 11.3 Å². The van der Waals surface area contributed by atoms with Crippen LogP contribution in [0.1, 0.15) is 23.5 Å². The Hall–Kier alpha value is -0.420. The zero-order chi connectivity index (χ0) is 12.5. The van der Waals surface area contributed by atoms with Crippen molar-refractivity contribution in [1.29, 1.82) is 0 Å². The van der Waals surface area contributed by atoms with Gasteiger partial charge in [0.25, 0.3) is 0 Å². The van der Waals surface area contributed by atoms with E-state index in [2.05, 4.69) is 10.2 Å².